The van der Waals surface area contributed by atoms with E-state index in [9.17, 15) is 9.59 Å². The summed E-state index contributed by atoms with van der Waals surface area (Å²) >= 11 is 2.95. The van der Waals surface area contributed by atoms with Crippen molar-refractivity contribution in [2.75, 3.05) is 18.2 Å². The molecule has 2 aromatic carbocycles. The van der Waals surface area contributed by atoms with Crippen LogP contribution in [0.2, 0.25) is 0 Å². The van der Waals surface area contributed by atoms with Crippen LogP contribution in [0.1, 0.15) is 45.6 Å². The van der Waals surface area contributed by atoms with Gasteiger partial charge in [0.25, 0.3) is 0 Å². The Balaban J connectivity index is 1.54. The summed E-state index contributed by atoms with van der Waals surface area (Å²) in [5, 5.41) is 3.26. The number of carbonyl (C=O) groups excluding carboxylic acids is 2. The summed E-state index contributed by atoms with van der Waals surface area (Å²) in [6.07, 6.45) is 2.62. The van der Waals surface area contributed by atoms with Crippen LogP contribution in [-0.2, 0) is 22.4 Å². The molecule has 0 spiro atoms. The molecule has 1 amide bonds. The Morgan fingerprint density at radius 1 is 1.16 bits per heavy atom. The van der Waals surface area contributed by atoms with Gasteiger partial charge in [-0.2, -0.15) is 0 Å². The summed E-state index contributed by atoms with van der Waals surface area (Å²) in [6, 6.07) is 17.9. The predicted molar refractivity (Wildman–Crippen MR) is 132 cm³/mol. The third-order valence-corrected chi connectivity index (χ3v) is 8.01. The number of fused-ring (bicyclic) bond motifs is 1. The lowest BCUT2D eigenvalue weighted by molar-refractivity contribution is -0.115. The van der Waals surface area contributed by atoms with E-state index in [1.54, 1.807) is 0 Å². The average molecular weight is 467 g/mol. The van der Waals surface area contributed by atoms with Crippen molar-refractivity contribution in [3.63, 3.8) is 0 Å². The first kappa shape index (κ1) is 22.4. The molecule has 32 heavy (non-hydrogen) atoms. The van der Waals surface area contributed by atoms with Gasteiger partial charge in [-0.05, 0) is 67.5 Å². The SMILES string of the molecule is COC(=O)c1c(NC(=O)[C@@H](C)Sc2ccc(N)cc2)sc2c1CC[C@@H](c1ccccc1)C2. The predicted octanol–water partition coefficient (Wildman–Crippen LogP) is 5.51. The zero-order valence-corrected chi connectivity index (χ0v) is 19.7. The summed E-state index contributed by atoms with van der Waals surface area (Å²) in [4.78, 5) is 27.7. The van der Waals surface area contributed by atoms with Crippen molar-refractivity contribution in [3.8, 4) is 0 Å². The highest BCUT2D eigenvalue weighted by atomic mass is 32.2. The van der Waals surface area contributed by atoms with Crippen LogP contribution in [0.5, 0.6) is 0 Å². The zero-order valence-electron chi connectivity index (χ0n) is 18.1. The fourth-order valence-electron chi connectivity index (χ4n) is 4.02. The minimum absolute atomic E-state index is 0.143. The number of anilines is 2. The Hall–Kier alpha value is -2.77. The molecule has 3 N–H and O–H groups in total. The Labute approximate surface area is 196 Å². The number of thiophene rings is 1. The standard InChI is InChI=1S/C25H26N2O3S2/c1-15(31-19-11-9-18(26)10-12-19)23(28)27-24-22(25(29)30-2)20-13-8-17(14-21(20)32-24)16-6-4-3-5-7-16/h3-7,9-12,15,17H,8,13-14,26H2,1-2H3,(H,27,28)/t15-,17-/m1/s1. The van der Waals surface area contributed by atoms with Gasteiger partial charge in [0.15, 0.2) is 0 Å². The summed E-state index contributed by atoms with van der Waals surface area (Å²) in [7, 11) is 1.38. The number of benzene rings is 2. The van der Waals surface area contributed by atoms with Gasteiger partial charge in [0.2, 0.25) is 5.91 Å². The number of rotatable bonds is 6. The second kappa shape index (κ2) is 9.79. The van der Waals surface area contributed by atoms with Crippen LogP contribution in [0.25, 0.3) is 0 Å². The highest BCUT2D eigenvalue weighted by Gasteiger charge is 2.31. The van der Waals surface area contributed by atoms with Crippen molar-refractivity contribution in [1.29, 1.82) is 0 Å². The van der Waals surface area contributed by atoms with Crippen LogP contribution >= 0.6 is 23.1 Å². The number of nitrogens with two attached hydrogens (primary N) is 1. The molecule has 7 heteroatoms. The first-order valence-corrected chi connectivity index (χ1v) is 12.3. The molecule has 2 atom stereocenters. The van der Waals surface area contributed by atoms with Gasteiger partial charge in [0.05, 0.1) is 17.9 Å². The summed E-state index contributed by atoms with van der Waals surface area (Å²) in [5.41, 5.74) is 9.27. The van der Waals surface area contributed by atoms with Gasteiger partial charge in [-0.1, -0.05) is 30.3 Å². The molecule has 1 aromatic heterocycles. The summed E-state index contributed by atoms with van der Waals surface area (Å²) < 4.78 is 5.06. The number of nitrogens with one attached hydrogen (secondary N) is 1. The number of hydrogen-bond acceptors (Lipinski definition) is 6. The fourth-order valence-corrected chi connectivity index (χ4v) is 6.21. The molecule has 0 fully saturated rings. The van der Waals surface area contributed by atoms with Crippen LogP contribution in [0.4, 0.5) is 10.7 Å². The van der Waals surface area contributed by atoms with Gasteiger partial charge < -0.3 is 15.8 Å². The van der Waals surface area contributed by atoms with Crippen LogP contribution in [0.15, 0.2) is 59.5 Å². The Morgan fingerprint density at radius 3 is 2.56 bits per heavy atom. The van der Waals surface area contributed by atoms with Gasteiger partial charge >= 0.3 is 5.97 Å². The number of esters is 1. The van der Waals surface area contributed by atoms with Gasteiger partial charge in [-0.25, -0.2) is 4.79 Å². The number of amides is 1. The first-order chi connectivity index (χ1) is 15.5. The van der Waals surface area contributed by atoms with Crippen LogP contribution < -0.4 is 11.1 Å². The van der Waals surface area contributed by atoms with E-state index in [0.717, 1.165) is 34.6 Å². The average Bonchev–Trinajstić information content (AvgIpc) is 3.17. The monoisotopic (exact) mass is 466 g/mol. The molecule has 4 rings (SSSR count). The van der Waals surface area contributed by atoms with E-state index in [4.69, 9.17) is 10.5 Å². The van der Waals surface area contributed by atoms with Gasteiger partial charge in [-0.3, -0.25) is 4.79 Å². The molecule has 0 unspecified atom stereocenters. The number of thioether (sulfide) groups is 1. The molecule has 5 nitrogen and oxygen atoms in total. The summed E-state index contributed by atoms with van der Waals surface area (Å²) in [6.45, 7) is 1.85. The normalized spacial score (nSPS) is 16.1. The van der Waals surface area contributed by atoms with Crippen LogP contribution in [0, 0.1) is 0 Å². The van der Waals surface area contributed by atoms with Crippen molar-refractivity contribution < 1.29 is 14.3 Å². The van der Waals surface area contributed by atoms with E-state index in [2.05, 4.69) is 29.6 Å². The van der Waals surface area contributed by atoms with E-state index < -0.39 is 5.97 Å². The van der Waals surface area contributed by atoms with E-state index in [1.807, 2.05) is 37.3 Å². The Kier molecular flexibility index (Phi) is 6.86. The molecule has 0 radical (unpaired) electrons. The maximum Gasteiger partial charge on any atom is 0.341 e. The van der Waals surface area contributed by atoms with Crippen LogP contribution in [-0.4, -0.2) is 24.2 Å². The molecule has 0 bridgehead atoms. The van der Waals surface area contributed by atoms with Crippen molar-refractivity contribution in [2.45, 2.75) is 42.2 Å². The van der Waals surface area contributed by atoms with Crippen LogP contribution in [0.3, 0.4) is 0 Å². The molecule has 1 aliphatic rings. The number of nitrogen functional groups attached to an aromatic ring is 1. The van der Waals surface area contributed by atoms with Crippen molar-refractivity contribution in [2.24, 2.45) is 0 Å². The van der Waals surface area contributed by atoms with Crippen molar-refractivity contribution >= 4 is 45.7 Å². The van der Waals surface area contributed by atoms with Crippen molar-refractivity contribution in [3.05, 3.63) is 76.2 Å². The van der Waals surface area contributed by atoms with E-state index in [-0.39, 0.29) is 11.2 Å². The highest BCUT2D eigenvalue weighted by Crippen LogP contribution is 2.43. The smallest absolute Gasteiger partial charge is 0.341 e. The second-order valence-electron chi connectivity index (χ2n) is 7.87. The molecular weight excluding hydrogens is 440 g/mol. The second-order valence-corrected chi connectivity index (χ2v) is 10.4. The Bertz CT molecular complexity index is 1110. The van der Waals surface area contributed by atoms with Gasteiger partial charge in [0, 0.05) is 15.5 Å². The maximum atomic E-state index is 12.9. The molecular formula is C25H26N2O3S2. The van der Waals surface area contributed by atoms with E-state index in [1.165, 1.54) is 35.8 Å². The topological polar surface area (TPSA) is 81.4 Å². The zero-order chi connectivity index (χ0) is 22.7. The number of ether oxygens (including phenoxy) is 1. The minimum Gasteiger partial charge on any atom is -0.465 e. The van der Waals surface area contributed by atoms with Crippen molar-refractivity contribution in [1.82, 2.24) is 0 Å². The quantitative estimate of drug-likeness (QED) is 0.284. The fraction of sp³-hybridized carbons (Fsp3) is 0.280. The molecule has 0 aliphatic heterocycles. The lowest BCUT2D eigenvalue weighted by Crippen LogP contribution is -2.23. The number of hydrogen-bond donors (Lipinski definition) is 2. The van der Waals surface area contributed by atoms with E-state index >= 15 is 0 Å². The highest BCUT2D eigenvalue weighted by molar-refractivity contribution is 8.00. The largest absolute Gasteiger partial charge is 0.465 e. The van der Waals surface area contributed by atoms with E-state index in [0.29, 0.717) is 22.2 Å². The molecule has 1 heterocycles. The number of carbonyl (C=O) groups is 2. The maximum absolute atomic E-state index is 12.9. The molecule has 0 saturated heterocycles. The first-order valence-electron chi connectivity index (χ1n) is 10.6. The molecule has 3 aromatic rings. The molecule has 1 aliphatic carbocycles. The molecule has 166 valence electrons. The minimum atomic E-state index is -0.394. The Morgan fingerprint density at radius 2 is 1.88 bits per heavy atom. The van der Waals surface area contributed by atoms with Gasteiger partial charge in [0.1, 0.15) is 5.00 Å². The third-order valence-electron chi connectivity index (χ3n) is 5.72. The lowest BCUT2D eigenvalue weighted by Gasteiger charge is -2.22. The number of methoxy groups -OCH3 is 1. The summed E-state index contributed by atoms with van der Waals surface area (Å²) in [5.74, 6) is -0.124. The third kappa shape index (κ3) is 4.84. The van der Waals surface area contributed by atoms with Gasteiger partial charge in [-0.15, -0.1) is 23.1 Å². The molecule has 0 saturated carbocycles. The lowest BCUT2D eigenvalue weighted by atomic mass is 9.83.